The van der Waals surface area contributed by atoms with E-state index in [0.717, 1.165) is 16.9 Å². The number of hydrogen-bond donors (Lipinski definition) is 1. The summed E-state index contributed by atoms with van der Waals surface area (Å²) in [6, 6.07) is 17.8. The fourth-order valence-corrected chi connectivity index (χ4v) is 1.66. The molecule has 0 atom stereocenters. The van der Waals surface area contributed by atoms with Crippen LogP contribution in [-0.4, -0.2) is 11.7 Å². The number of rotatable bonds is 5. The average molecular weight is 240 g/mol. The molecular weight excluding hydrogens is 224 g/mol. The highest BCUT2D eigenvalue weighted by Crippen LogP contribution is 2.20. The van der Waals surface area contributed by atoms with Crippen LogP contribution in [0.15, 0.2) is 60.7 Å². The predicted molar refractivity (Wildman–Crippen MR) is 73.3 cm³/mol. The van der Waals surface area contributed by atoms with E-state index in [4.69, 9.17) is 9.84 Å². The lowest BCUT2D eigenvalue weighted by Crippen LogP contribution is -1.96. The molecule has 1 N–H and O–H groups in total. The van der Waals surface area contributed by atoms with Gasteiger partial charge in [-0.15, -0.1) is 0 Å². The third-order valence-electron chi connectivity index (χ3n) is 2.56. The Balaban J connectivity index is 2.07. The van der Waals surface area contributed by atoms with Crippen molar-refractivity contribution in [3.05, 3.63) is 71.8 Å². The van der Waals surface area contributed by atoms with Crippen molar-refractivity contribution >= 4 is 6.08 Å². The van der Waals surface area contributed by atoms with Crippen LogP contribution in [0.25, 0.3) is 6.08 Å². The Morgan fingerprint density at radius 1 is 0.944 bits per heavy atom. The van der Waals surface area contributed by atoms with E-state index in [-0.39, 0.29) is 6.61 Å². The van der Waals surface area contributed by atoms with Crippen molar-refractivity contribution in [3.8, 4) is 5.75 Å². The molecule has 2 aromatic carbocycles. The van der Waals surface area contributed by atoms with Crippen LogP contribution >= 0.6 is 0 Å². The molecule has 0 spiro atoms. The Hall–Kier alpha value is -2.06. The van der Waals surface area contributed by atoms with E-state index >= 15 is 0 Å². The highest BCUT2D eigenvalue weighted by molar-refractivity contribution is 5.57. The van der Waals surface area contributed by atoms with Crippen LogP contribution < -0.4 is 4.74 Å². The monoisotopic (exact) mass is 240 g/mol. The van der Waals surface area contributed by atoms with Crippen LogP contribution in [-0.2, 0) is 6.61 Å². The van der Waals surface area contributed by atoms with Gasteiger partial charge in [0.05, 0.1) is 6.61 Å². The van der Waals surface area contributed by atoms with Gasteiger partial charge in [-0.1, -0.05) is 60.7 Å². The van der Waals surface area contributed by atoms with Gasteiger partial charge >= 0.3 is 0 Å². The van der Waals surface area contributed by atoms with E-state index in [1.807, 2.05) is 60.7 Å². The van der Waals surface area contributed by atoms with Gasteiger partial charge in [0, 0.05) is 5.56 Å². The van der Waals surface area contributed by atoms with Crippen molar-refractivity contribution in [1.29, 1.82) is 0 Å². The van der Waals surface area contributed by atoms with Crippen LogP contribution in [0.1, 0.15) is 11.1 Å². The summed E-state index contributed by atoms with van der Waals surface area (Å²) in [4.78, 5) is 0. The first-order chi connectivity index (χ1) is 8.90. The van der Waals surface area contributed by atoms with Crippen LogP contribution in [0.2, 0.25) is 0 Å². The number of aliphatic hydroxyl groups is 1. The molecule has 0 aliphatic carbocycles. The molecule has 0 aliphatic rings. The highest BCUT2D eigenvalue weighted by Gasteiger charge is 1.99. The summed E-state index contributed by atoms with van der Waals surface area (Å²) in [5.74, 6) is 0.825. The molecule has 0 amide bonds. The summed E-state index contributed by atoms with van der Waals surface area (Å²) in [5.41, 5.74) is 2.11. The first-order valence-corrected chi connectivity index (χ1v) is 5.93. The maximum absolute atomic E-state index is 8.80. The number of aliphatic hydroxyl groups excluding tert-OH is 1. The third-order valence-corrected chi connectivity index (χ3v) is 2.56. The average Bonchev–Trinajstić information content (AvgIpc) is 2.45. The van der Waals surface area contributed by atoms with Gasteiger partial charge in [-0.3, -0.25) is 0 Å². The molecular formula is C16H16O2. The maximum atomic E-state index is 8.80. The predicted octanol–water partition coefficient (Wildman–Crippen LogP) is 3.27. The Labute approximate surface area is 107 Å². The fourth-order valence-electron chi connectivity index (χ4n) is 1.66. The van der Waals surface area contributed by atoms with Gasteiger partial charge in [0.1, 0.15) is 12.4 Å². The molecule has 92 valence electrons. The summed E-state index contributed by atoms with van der Waals surface area (Å²) >= 11 is 0. The number of hydrogen-bond acceptors (Lipinski definition) is 2. The molecule has 0 aliphatic heterocycles. The minimum atomic E-state index is 0.0347. The van der Waals surface area contributed by atoms with Gasteiger partial charge in [0.25, 0.3) is 0 Å². The second kappa shape index (κ2) is 6.62. The number of para-hydroxylation sites is 1. The lowest BCUT2D eigenvalue weighted by atomic mass is 10.2. The van der Waals surface area contributed by atoms with Gasteiger partial charge in [-0.2, -0.15) is 0 Å². The van der Waals surface area contributed by atoms with E-state index in [0.29, 0.717) is 6.61 Å². The third kappa shape index (κ3) is 3.47. The molecule has 2 nitrogen and oxygen atoms in total. The lowest BCUT2D eigenvalue weighted by Gasteiger charge is -2.09. The van der Waals surface area contributed by atoms with Crippen molar-refractivity contribution in [3.63, 3.8) is 0 Å². The van der Waals surface area contributed by atoms with Crippen LogP contribution in [0, 0.1) is 0 Å². The Morgan fingerprint density at radius 3 is 2.44 bits per heavy atom. The fraction of sp³-hybridized carbons (Fsp3) is 0.125. The van der Waals surface area contributed by atoms with Gasteiger partial charge < -0.3 is 9.84 Å². The van der Waals surface area contributed by atoms with Crippen molar-refractivity contribution < 1.29 is 9.84 Å². The summed E-state index contributed by atoms with van der Waals surface area (Å²) in [7, 11) is 0. The topological polar surface area (TPSA) is 29.5 Å². The van der Waals surface area contributed by atoms with Crippen molar-refractivity contribution in [2.24, 2.45) is 0 Å². The quantitative estimate of drug-likeness (QED) is 0.869. The minimum Gasteiger partial charge on any atom is -0.488 e. The summed E-state index contributed by atoms with van der Waals surface area (Å²) in [6.07, 6.45) is 3.56. The van der Waals surface area contributed by atoms with Crippen molar-refractivity contribution in [2.45, 2.75) is 6.61 Å². The van der Waals surface area contributed by atoms with Crippen LogP contribution in [0.5, 0.6) is 5.75 Å². The van der Waals surface area contributed by atoms with E-state index in [9.17, 15) is 0 Å². The SMILES string of the molecule is OC/C=C/c1ccccc1OCc1ccccc1. The van der Waals surface area contributed by atoms with E-state index in [1.54, 1.807) is 6.08 Å². The molecule has 0 unspecified atom stereocenters. The summed E-state index contributed by atoms with van der Waals surface area (Å²) in [5, 5.41) is 8.80. The molecule has 0 heterocycles. The zero-order chi connectivity index (χ0) is 12.6. The van der Waals surface area contributed by atoms with Crippen LogP contribution in [0.3, 0.4) is 0 Å². The summed E-state index contributed by atoms with van der Waals surface area (Å²) in [6.45, 7) is 0.581. The van der Waals surface area contributed by atoms with Gasteiger partial charge in [-0.25, -0.2) is 0 Å². The van der Waals surface area contributed by atoms with Gasteiger partial charge in [0.2, 0.25) is 0 Å². The second-order valence-electron chi connectivity index (χ2n) is 3.90. The number of ether oxygens (including phenoxy) is 1. The van der Waals surface area contributed by atoms with Gasteiger partial charge in [0.15, 0.2) is 0 Å². The molecule has 0 bridgehead atoms. The van der Waals surface area contributed by atoms with E-state index in [1.165, 1.54) is 0 Å². The van der Waals surface area contributed by atoms with Crippen molar-refractivity contribution in [2.75, 3.05) is 6.61 Å². The van der Waals surface area contributed by atoms with Gasteiger partial charge in [-0.05, 0) is 11.6 Å². The Kier molecular flexibility index (Phi) is 4.56. The second-order valence-corrected chi connectivity index (χ2v) is 3.90. The molecule has 0 fully saturated rings. The zero-order valence-electron chi connectivity index (χ0n) is 10.1. The maximum Gasteiger partial charge on any atom is 0.127 e. The largest absolute Gasteiger partial charge is 0.488 e. The molecule has 2 heteroatoms. The molecule has 18 heavy (non-hydrogen) atoms. The lowest BCUT2D eigenvalue weighted by molar-refractivity contribution is 0.305. The van der Waals surface area contributed by atoms with Crippen LogP contribution in [0.4, 0.5) is 0 Å². The van der Waals surface area contributed by atoms with E-state index in [2.05, 4.69) is 0 Å². The first-order valence-electron chi connectivity index (χ1n) is 5.93. The Morgan fingerprint density at radius 2 is 1.67 bits per heavy atom. The first kappa shape index (κ1) is 12.4. The molecule has 0 saturated carbocycles. The molecule has 0 radical (unpaired) electrons. The van der Waals surface area contributed by atoms with Crippen molar-refractivity contribution in [1.82, 2.24) is 0 Å². The molecule has 0 saturated heterocycles. The summed E-state index contributed by atoms with van der Waals surface area (Å²) < 4.78 is 5.79. The minimum absolute atomic E-state index is 0.0347. The van der Waals surface area contributed by atoms with E-state index < -0.39 is 0 Å². The normalized spacial score (nSPS) is 10.7. The Bertz CT molecular complexity index is 504. The molecule has 0 aromatic heterocycles. The standard InChI is InChI=1S/C16H16O2/c17-12-6-10-15-9-4-5-11-16(15)18-13-14-7-2-1-3-8-14/h1-11,17H,12-13H2/b10-6+. The zero-order valence-corrected chi connectivity index (χ0v) is 10.1. The smallest absolute Gasteiger partial charge is 0.127 e. The number of benzene rings is 2. The molecule has 2 rings (SSSR count). The molecule has 2 aromatic rings. The highest BCUT2D eigenvalue weighted by atomic mass is 16.5.